The monoisotopic (exact) mass is 435 g/mol. The van der Waals surface area contributed by atoms with Gasteiger partial charge in [0, 0.05) is 32.7 Å². The largest absolute Gasteiger partial charge is 0.339 e. The molecule has 0 aliphatic carbocycles. The molecule has 1 aliphatic heterocycles. The van der Waals surface area contributed by atoms with Crippen LogP contribution in [0.2, 0.25) is 0 Å². The van der Waals surface area contributed by atoms with E-state index in [1.54, 1.807) is 0 Å². The van der Waals surface area contributed by atoms with Crippen LogP contribution in [0.25, 0.3) is 0 Å². The van der Waals surface area contributed by atoms with Crippen LogP contribution in [0.4, 0.5) is 0 Å². The number of hydrogen-bond acceptors (Lipinski definition) is 5. The lowest BCUT2D eigenvalue weighted by Crippen LogP contribution is -2.48. The highest BCUT2D eigenvalue weighted by Gasteiger charge is 2.22. The number of benzene rings is 2. The normalized spacial score (nSPS) is 14.7. The van der Waals surface area contributed by atoms with E-state index in [1.807, 2.05) is 30.0 Å². The number of thioether (sulfide) groups is 1. The van der Waals surface area contributed by atoms with Crippen molar-refractivity contribution < 1.29 is 4.79 Å². The molecule has 4 rings (SSSR count). The Kier molecular flexibility index (Phi) is 7.04. The maximum atomic E-state index is 12.8. The van der Waals surface area contributed by atoms with Crippen molar-refractivity contribution in [1.29, 1.82) is 0 Å². The van der Waals surface area contributed by atoms with E-state index in [0.717, 1.165) is 43.7 Å². The first-order chi connectivity index (χ1) is 15.1. The smallest absolute Gasteiger partial charge is 0.233 e. The molecule has 7 heteroatoms. The summed E-state index contributed by atoms with van der Waals surface area (Å²) in [5.74, 6) is 1.43. The number of hydrogen-bond donors (Lipinski definition) is 0. The number of carbonyl (C=O) groups excluding carboxylic acids is 1. The van der Waals surface area contributed by atoms with Crippen LogP contribution in [-0.4, -0.2) is 62.4 Å². The number of amides is 1. The average Bonchev–Trinajstić information content (AvgIpc) is 3.12. The Balaban J connectivity index is 1.27. The standard InChI is InChI=1S/C24H29N5OS/c1-19-7-6-10-22(15-19)16-27-11-13-28(14-12-27)23(30)18-31-24-26-25-20(2)29(24)17-21-8-4-3-5-9-21/h3-10,15H,11-14,16-18H2,1-2H3. The van der Waals surface area contributed by atoms with E-state index in [-0.39, 0.29) is 5.91 Å². The molecule has 1 amide bonds. The molecular weight excluding hydrogens is 406 g/mol. The van der Waals surface area contributed by atoms with E-state index in [4.69, 9.17) is 0 Å². The van der Waals surface area contributed by atoms with Gasteiger partial charge in [-0.05, 0) is 25.0 Å². The Morgan fingerprint density at radius 1 is 0.903 bits per heavy atom. The molecule has 0 unspecified atom stereocenters. The zero-order valence-electron chi connectivity index (χ0n) is 18.2. The molecule has 31 heavy (non-hydrogen) atoms. The van der Waals surface area contributed by atoms with Crippen molar-refractivity contribution in [3.63, 3.8) is 0 Å². The van der Waals surface area contributed by atoms with E-state index >= 15 is 0 Å². The third kappa shape index (κ3) is 5.74. The molecule has 162 valence electrons. The lowest BCUT2D eigenvalue weighted by Gasteiger charge is -2.34. The third-order valence-electron chi connectivity index (χ3n) is 5.62. The second-order valence-electron chi connectivity index (χ2n) is 8.04. The fourth-order valence-electron chi connectivity index (χ4n) is 3.86. The van der Waals surface area contributed by atoms with Gasteiger partial charge in [-0.2, -0.15) is 0 Å². The molecule has 1 fully saturated rings. The number of aryl methyl sites for hydroxylation is 2. The highest BCUT2D eigenvalue weighted by Crippen LogP contribution is 2.20. The highest BCUT2D eigenvalue weighted by atomic mass is 32.2. The van der Waals surface area contributed by atoms with E-state index in [2.05, 4.69) is 63.0 Å². The van der Waals surface area contributed by atoms with Gasteiger partial charge in [-0.1, -0.05) is 71.9 Å². The second kappa shape index (κ2) is 10.1. The summed E-state index contributed by atoms with van der Waals surface area (Å²) in [4.78, 5) is 17.2. The summed E-state index contributed by atoms with van der Waals surface area (Å²) in [5.41, 5.74) is 3.82. The molecule has 1 aromatic heterocycles. The van der Waals surface area contributed by atoms with Crippen molar-refractivity contribution in [3.05, 3.63) is 77.1 Å². The number of rotatable bonds is 7. The van der Waals surface area contributed by atoms with Crippen LogP contribution in [0.5, 0.6) is 0 Å². The molecule has 2 aromatic carbocycles. The second-order valence-corrected chi connectivity index (χ2v) is 8.98. The number of piperazine rings is 1. The van der Waals surface area contributed by atoms with Crippen LogP contribution in [-0.2, 0) is 17.9 Å². The molecule has 0 bridgehead atoms. The minimum atomic E-state index is 0.173. The summed E-state index contributed by atoms with van der Waals surface area (Å²) < 4.78 is 2.08. The molecule has 6 nitrogen and oxygen atoms in total. The Morgan fingerprint density at radius 2 is 1.65 bits per heavy atom. The third-order valence-corrected chi connectivity index (χ3v) is 6.58. The molecule has 0 spiro atoms. The maximum Gasteiger partial charge on any atom is 0.233 e. The van der Waals surface area contributed by atoms with E-state index < -0.39 is 0 Å². The van der Waals surface area contributed by atoms with Gasteiger partial charge in [0.1, 0.15) is 5.82 Å². The van der Waals surface area contributed by atoms with Gasteiger partial charge in [-0.3, -0.25) is 9.69 Å². The van der Waals surface area contributed by atoms with E-state index in [1.165, 1.54) is 28.5 Å². The summed E-state index contributed by atoms with van der Waals surface area (Å²) in [7, 11) is 0. The molecule has 2 heterocycles. The van der Waals surface area contributed by atoms with Crippen LogP contribution in [0, 0.1) is 13.8 Å². The Labute approximate surface area is 188 Å². The number of carbonyl (C=O) groups is 1. The highest BCUT2D eigenvalue weighted by molar-refractivity contribution is 7.99. The van der Waals surface area contributed by atoms with E-state index in [0.29, 0.717) is 12.3 Å². The van der Waals surface area contributed by atoms with Gasteiger partial charge < -0.3 is 9.47 Å². The Hall–Kier alpha value is -2.64. The molecule has 3 aromatic rings. The van der Waals surface area contributed by atoms with Crippen molar-refractivity contribution in [2.75, 3.05) is 31.9 Å². The van der Waals surface area contributed by atoms with Crippen LogP contribution in [0.3, 0.4) is 0 Å². The predicted octanol–water partition coefficient (Wildman–Crippen LogP) is 3.38. The van der Waals surface area contributed by atoms with Crippen LogP contribution in [0.1, 0.15) is 22.5 Å². The summed E-state index contributed by atoms with van der Waals surface area (Å²) >= 11 is 1.48. The minimum Gasteiger partial charge on any atom is -0.339 e. The Morgan fingerprint density at radius 3 is 2.39 bits per heavy atom. The van der Waals surface area contributed by atoms with Crippen LogP contribution in [0.15, 0.2) is 59.8 Å². The van der Waals surface area contributed by atoms with Gasteiger partial charge in [0.05, 0.1) is 12.3 Å². The first-order valence-electron chi connectivity index (χ1n) is 10.7. The van der Waals surface area contributed by atoms with Gasteiger partial charge in [0.15, 0.2) is 5.16 Å². The van der Waals surface area contributed by atoms with Crippen LogP contribution >= 0.6 is 11.8 Å². The summed E-state index contributed by atoms with van der Waals surface area (Å²) in [6.07, 6.45) is 0. The summed E-state index contributed by atoms with van der Waals surface area (Å²) in [5, 5.41) is 9.31. The first kappa shape index (κ1) is 21.6. The molecule has 0 N–H and O–H groups in total. The van der Waals surface area contributed by atoms with Crippen LogP contribution < -0.4 is 0 Å². The first-order valence-corrected chi connectivity index (χ1v) is 11.7. The van der Waals surface area contributed by atoms with Gasteiger partial charge in [0.2, 0.25) is 5.91 Å². The fraction of sp³-hybridized carbons (Fsp3) is 0.375. The van der Waals surface area contributed by atoms with Crippen molar-refractivity contribution in [2.24, 2.45) is 0 Å². The topological polar surface area (TPSA) is 54.3 Å². The molecule has 1 aliphatic rings. The summed E-state index contributed by atoms with van der Waals surface area (Å²) in [6.45, 7) is 9.12. The lowest BCUT2D eigenvalue weighted by molar-refractivity contribution is -0.130. The van der Waals surface area contributed by atoms with Crippen molar-refractivity contribution >= 4 is 17.7 Å². The quantitative estimate of drug-likeness (QED) is 0.533. The van der Waals surface area contributed by atoms with Gasteiger partial charge in [-0.15, -0.1) is 10.2 Å². The maximum absolute atomic E-state index is 12.8. The number of nitrogens with zero attached hydrogens (tertiary/aromatic N) is 5. The number of aromatic nitrogens is 3. The SMILES string of the molecule is Cc1cccc(CN2CCN(C(=O)CSc3nnc(C)n3Cc3ccccc3)CC2)c1. The lowest BCUT2D eigenvalue weighted by atomic mass is 10.1. The van der Waals surface area contributed by atoms with Gasteiger partial charge >= 0.3 is 0 Å². The molecule has 0 saturated carbocycles. The van der Waals surface area contributed by atoms with Gasteiger partial charge in [-0.25, -0.2) is 0 Å². The zero-order chi connectivity index (χ0) is 21.6. The van der Waals surface area contributed by atoms with Crippen molar-refractivity contribution in [2.45, 2.75) is 32.1 Å². The molecular formula is C24H29N5OS. The molecule has 1 saturated heterocycles. The summed E-state index contributed by atoms with van der Waals surface area (Å²) in [6, 6.07) is 18.9. The van der Waals surface area contributed by atoms with Crippen molar-refractivity contribution in [3.8, 4) is 0 Å². The molecule has 0 radical (unpaired) electrons. The molecule has 0 atom stereocenters. The Bertz CT molecular complexity index is 1010. The predicted molar refractivity (Wildman–Crippen MR) is 124 cm³/mol. The van der Waals surface area contributed by atoms with E-state index in [9.17, 15) is 4.79 Å². The van der Waals surface area contributed by atoms with Crippen molar-refractivity contribution in [1.82, 2.24) is 24.6 Å². The van der Waals surface area contributed by atoms with Gasteiger partial charge in [0.25, 0.3) is 0 Å². The minimum absolute atomic E-state index is 0.173. The average molecular weight is 436 g/mol. The fourth-order valence-corrected chi connectivity index (χ4v) is 4.74. The zero-order valence-corrected chi connectivity index (χ0v) is 19.0.